The Morgan fingerprint density at radius 2 is 2.15 bits per heavy atom. The molecule has 2 aliphatic heterocycles. The van der Waals surface area contributed by atoms with Crippen molar-refractivity contribution in [3.8, 4) is 0 Å². The van der Waals surface area contributed by atoms with Gasteiger partial charge in [-0.05, 0) is 31.2 Å². The summed E-state index contributed by atoms with van der Waals surface area (Å²) in [5.41, 5.74) is 0.260. The molecular weight excluding hydrogens is 248 g/mol. The molecule has 3 atom stereocenters. The third-order valence-electron chi connectivity index (χ3n) is 5.02. The van der Waals surface area contributed by atoms with Gasteiger partial charge in [0.15, 0.2) is 0 Å². The molecule has 0 aromatic carbocycles. The highest BCUT2D eigenvalue weighted by molar-refractivity contribution is 4.98. The van der Waals surface area contributed by atoms with Crippen LogP contribution >= 0.6 is 0 Å². The second kappa shape index (κ2) is 5.49. The first kappa shape index (κ1) is 14.1. The first-order chi connectivity index (χ1) is 9.54. The molecule has 4 heteroatoms. The van der Waals surface area contributed by atoms with Crippen molar-refractivity contribution >= 4 is 0 Å². The van der Waals surface area contributed by atoms with Crippen molar-refractivity contribution in [3.63, 3.8) is 0 Å². The van der Waals surface area contributed by atoms with Crippen molar-refractivity contribution in [2.75, 3.05) is 13.1 Å². The molecule has 0 amide bonds. The van der Waals surface area contributed by atoms with Gasteiger partial charge in [0.25, 0.3) is 0 Å². The lowest BCUT2D eigenvalue weighted by Crippen LogP contribution is -2.51. The monoisotopic (exact) mass is 276 g/mol. The van der Waals surface area contributed by atoms with Crippen molar-refractivity contribution < 1.29 is 0 Å². The van der Waals surface area contributed by atoms with Gasteiger partial charge in [0.1, 0.15) is 0 Å². The molecule has 20 heavy (non-hydrogen) atoms. The Balaban J connectivity index is 1.67. The van der Waals surface area contributed by atoms with Crippen LogP contribution in [0.25, 0.3) is 0 Å². The van der Waals surface area contributed by atoms with Crippen LogP contribution in [0.2, 0.25) is 0 Å². The van der Waals surface area contributed by atoms with Crippen LogP contribution in [-0.4, -0.2) is 45.7 Å². The fourth-order valence-corrected chi connectivity index (χ4v) is 3.72. The molecule has 0 aliphatic carbocycles. The number of imidazole rings is 1. The van der Waals surface area contributed by atoms with Crippen LogP contribution < -0.4 is 5.32 Å². The summed E-state index contributed by atoms with van der Waals surface area (Å²) in [7, 11) is 0. The number of hydrogen-bond acceptors (Lipinski definition) is 3. The van der Waals surface area contributed by atoms with Crippen molar-refractivity contribution in [2.24, 2.45) is 5.41 Å². The fraction of sp³-hybridized carbons (Fsp3) is 0.812. The highest BCUT2D eigenvalue weighted by Crippen LogP contribution is 2.30. The van der Waals surface area contributed by atoms with E-state index in [-0.39, 0.29) is 5.41 Å². The third kappa shape index (κ3) is 2.91. The van der Waals surface area contributed by atoms with Gasteiger partial charge in [0.05, 0.1) is 6.33 Å². The van der Waals surface area contributed by atoms with Crippen molar-refractivity contribution in [1.29, 1.82) is 0 Å². The van der Waals surface area contributed by atoms with E-state index in [4.69, 9.17) is 0 Å². The molecule has 0 radical (unpaired) electrons. The molecule has 4 nitrogen and oxygen atoms in total. The van der Waals surface area contributed by atoms with E-state index < -0.39 is 0 Å². The zero-order chi connectivity index (χ0) is 14.2. The van der Waals surface area contributed by atoms with Crippen molar-refractivity contribution in [1.82, 2.24) is 19.8 Å². The lowest BCUT2D eigenvalue weighted by atomic mass is 9.85. The van der Waals surface area contributed by atoms with E-state index >= 15 is 0 Å². The largest absolute Gasteiger partial charge is 0.336 e. The maximum atomic E-state index is 4.17. The molecule has 3 rings (SSSR count). The van der Waals surface area contributed by atoms with Crippen LogP contribution in [0.1, 0.15) is 40.0 Å². The van der Waals surface area contributed by atoms with E-state index in [9.17, 15) is 0 Å². The molecule has 1 N–H and O–H groups in total. The van der Waals surface area contributed by atoms with E-state index in [0.29, 0.717) is 12.1 Å². The molecule has 0 bridgehead atoms. The summed E-state index contributed by atoms with van der Waals surface area (Å²) in [6.45, 7) is 10.6. The lowest BCUT2D eigenvalue weighted by Gasteiger charge is -2.36. The first-order valence-corrected chi connectivity index (χ1v) is 8.00. The predicted octanol–water partition coefficient (Wildman–Crippen LogP) is 2.12. The number of nitrogens with one attached hydrogen (secondary N) is 1. The Morgan fingerprint density at radius 3 is 2.85 bits per heavy atom. The van der Waals surface area contributed by atoms with Gasteiger partial charge in [0, 0.05) is 43.6 Å². The van der Waals surface area contributed by atoms with Crippen LogP contribution in [0.3, 0.4) is 0 Å². The average molecular weight is 276 g/mol. The molecule has 1 aromatic heterocycles. The summed E-state index contributed by atoms with van der Waals surface area (Å²) in [6, 6.07) is 1.94. The summed E-state index contributed by atoms with van der Waals surface area (Å²) < 4.78 is 2.20. The minimum Gasteiger partial charge on any atom is -0.336 e. The summed E-state index contributed by atoms with van der Waals surface area (Å²) >= 11 is 0. The second-order valence-corrected chi connectivity index (χ2v) is 7.49. The molecule has 3 heterocycles. The molecule has 3 unspecified atom stereocenters. The van der Waals surface area contributed by atoms with Crippen LogP contribution in [0.5, 0.6) is 0 Å². The van der Waals surface area contributed by atoms with E-state index in [0.717, 1.165) is 12.6 Å². The number of nitrogens with zero attached hydrogens (tertiary/aromatic N) is 3. The minimum absolute atomic E-state index is 0.260. The van der Waals surface area contributed by atoms with Crippen LogP contribution in [0.15, 0.2) is 18.7 Å². The third-order valence-corrected chi connectivity index (χ3v) is 5.02. The van der Waals surface area contributed by atoms with Crippen LogP contribution in [-0.2, 0) is 6.54 Å². The quantitative estimate of drug-likeness (QED) is 0.914. The Morgan fingerprint density at radius 1 is 1.30 bits per heavy atom. The number of fused-ring (bicyclic) bond motifs is 1. The predicted molar refractivity (Wildman–Crippen MR) is 81.6 cm³/mol. The number of hydrogen-bond donors (Lipinski definition) is 1. The first-order valence-electron chi connectivity index (χ1n) is 8.00. The van der Waals surface area contributed by atoms with Crippen molar-refractivity contribution in [3.05, 3.63) is 18.7 Å². The maximum Gasteiger partial charge on any atom is 0.0946 e. The summed E-state index contributed by atoms with van der Waals surface area (Å²) in [5.74, 6) is 0. The zero-order valence-electron chi connectivity index (χ0n) is 13.0. The van der Waals surface area contributed by atoms with Gasteiger partial charge in [0.2, 0.25) is 0 Å². The van der Waals surface area contributed by atoms with Gasteiger partial charge in [-0.3, -0.25) is 4.90 Å². The Hall–Kier alpha value is -0.870. The Bertz CT molecular complexity index is 420. The Labute approximate surface area is 122 Å². The molecule has 2 fully saturated rings. The van der Waals surface area contributed by atoms with Gasteiger partial charge in [-0.1, -0.05) is 20.8 Å². The molecular formula is C16H28N4. The van der Waals surface area contributed by atoms with Gasteiger partial charge in [-0.2, -0.15) is 0 Å². The fourth-order valence-electron chi connectivity index (χ4n) is 3.72. The Kier molecular flexibility index (Phi) is 3.87. The highest BCUT2D eigenvalue weighted by Gasteiger charge is 2.39. The highest BCUT2D eigenvalue weighted by atomic mass is 15.2. The van der Waals surface area contributed by atoms with E-state index in [1.54, 1.807) is 0 Å². The second-order valence-electron chi connectivity index (χ2n) is 7.49. The van der Waals surface area contributed by atoms with Crippen LogP contribution in [0.4, 0.5) is 0 Å². The van der Waals surface area contributed by atoms with Crippen molar-refractivity contribution in [2.45, 2.75) is 64.7 Å². The average Bonchev–Trinajstić information content (AvgIpc) is 3.05. The molecule has 2 saturated heterocycles. The van der Waals surface area contributed by atoms with Gasteiger partial charge in [-0.15, -0.1) is 0 Å². The van der Waals surface area contributed by atoms with Gasteiger partial charge < -0.3 is 9.88 Å². The van der Waals surface area contributed by atoms with Crippen LogP contribution in [0, 0.1) is 5.41 Å². The van der Waals surface area contributed by atoms with Gasteiger partial charge >= 0.3 is 0 Å². The number of rotatable bonds is 4. The minimum atomic E-state index is 0.260. The SMILES string of the molecule is CC(C)(C)C(Cn1ccnc1)NC1CCN2CCCC12. The summed E-state index contributed by atoms with van der Waals surface area (Å²) in [4.78, 5) is 6.84. The van der Waals surface area contributed by atoms with Gasteiger partial charge in [-0.25, -0.2) is 4.98 Å². The molecule has 2 aliphatic rings. The normalized spacial score (nSPS) is 28.8. The lowest BCUT2D eigenvalue weighted by molar-refractivity contribution is 0.203. The summed E-state index contributed by atoms with van der Waals surface area (Å²) in [6.07, 6.45) is 9.92. The molecule has 1 aromatic rings. The topological polar surface area (TPSA) is 33.1 Å². The smallest absolute Gasteiger partial charge is 0.0946 e. The molecule has 112 valence electrons. The molecule has 0 spiro atoms. The maximum absolute atomic E-state index is 4.17. The zero-order valence-corrected chi connectivity index (χ0v) is 13.0. The standard InChI is InChI=1S/C16H28N4/c1-16(2,3)15(11-19-10-7-17-12-19)18-13-6-9-20-8-4-5-14(13)20/h7,10,12-15,18H,4-6,8-9,11H2,1-3H3. The number of aromatic nitrogens is 2. The van der Waals surface area contributed by atoms with E-state index in [1.165, 1.54) is 32.4 Å². The summed E-state index contributed by atoms with van der Waals surface area (Å²) in [5, 5.41) is 3.98. The van der Waals surface area contributed by atoms with E-state index in [2.05, 4.69) is 46.7 Å². The molecule has 0 saturated carbocycles. The van der Waals surface area contributed by atoms with E-state index in [1.807, 2.05) is 12.5 Å².